The second-order valence-electron chi connectivity index (χ2n) is 4.58. The third-order valence-electron chi connectivity index (χ3n) is 3.61. The molecule has 1 spiro atoms. The molecule has 1 nitrogen and oxygen atoms in total. The van der Waals surface area contributed by atoms with E-state index in [-0.39, 0.29) is 0 Å². The summed E-state index contributed by atoms with van der Waals surface area (Å²) in [5, 5.41) is 3.54. The molecule has 1 saturated carbocycles. The van der Waals surface area contributed by atoms with E-state index in [2.05, 4.69) is 32.8 Å². The molecule has 1 unspecified atom stereocenters. The maximum Gasteiger partial charge on any atom is 0.0208 e. The van der Waals surface area contributed by atoms with Gasteiger partial charge in [-0.25, -0.2) is 0 Å². The highest BCUT2D eigenvalue weighted by atomic mass is 31.0. The lowest BCUT2D eigenvalue weighted by Crippen LogP contribution is -2.33. The molecule has 14 heavy (non-hydrogen) atoms. The van der Waals surface area contributed by atoms with E-state index in [9.17, 15) is 0 Å². The summed E-state index contributed by atoms with van der Waals surface area (Å²) < 4.78 is 0. The summed E-state index contributed by atoms with van der Waals surface area (Å²) in [6, 6.07) is 7.02. The van der Waals surface area contributed by atoms with Crippen molar-refractivity contribution in [3.05, 3.63) is 34.9 Å². The Bertz CT molecular complexity index is 369. The molecule has 0 aromatic heterocycles. The molecule has 3 rings (SSSR count). The van der Waals surface area contributed by atoms with Crippen LogP contribution in [0.4, 0.5) is 0 Å². The van der Waals surface area contributed by atoms with E-state index in [1.165, 1.54) is 30.5 Å². The summed E-state index contributed by atoms with van der Waals surface area (Å²) >= 11 is 0. The van der Waals surface area contributed by atoms with Crippen LogP contribution < -0.4 is 5.32 Å². The second kappa shape index (κ2) is 3.05. The summed E-state index contributed by atoms with van der Waals surface area (Å²) in [7, 11) is 2.80. The lowest BCUT2D eigenvalue weighted by Gasteiger charge is -2.26. The van der Waals surface area contributed by atoms with Crippen LogP contribution in [0.1, 0.15) is 29.5 Å². The van der Waals surface area contributed by atoms with Gasteiger partial charge in [0.15, 0.2) is 0 Å². The largest absolute Gasteiger partial charge is 0.312 e. The first kappa shape index (κ1) is 8.88. The quantitative estimate of drug-likeness (QED) is 0.693. The number of rotatable bonds is 1. The van der Waals surface area contributed by atoms with Gasteiger partial charge in [0.2, 0.25) is 0 Å². The lowest BCUT2D eigenvalue weighted by molar-refractivity contribution is 0.531. The molecule has 0 radical (unpaired) electrons. The number of nitrogens with one attached hydrogen (secondary N) is 1. The zero-order chi connectivity index (χ0) is 9.60. The average molecular weight is 205 g/mol. The maximum atomic E-state index is 3.54. The van der Waals surface area contributed by atoms with Crippen LogP contribution in [0.15, 0.2) is 18.2 Å². The highest BCUT2D eigenvalue weighted by Gasteiger charge is 2.46. The van der Waals surface area contributed by atoms with E-state index in [0.717, 1.165) is 12.7 Å². The fourth-order valence-electron chi connectivity index (χ4n) is 2.57. The molecule has 1 fully saturated rings. The summed E-state index contributed by atoms with van der Waals surface area (Å²) in [5.41, 5.74) is 5.13. The molecule has 2 aliphatic rings. The zero-order valence-corrected chi connectivity index (χ0v) is 9.50. The van der Waals surface area contributed by atoms with Crippen molar-refractivity contribution in [1.82, 2.24) is 5.32 Å². The van der Waals surface area contributed by atoms with Gasteiger partial charge in [-0.05, 0) is 35.7 Å². The van der Waals surface area contributed by atoms with Gasteiger partial charge in [-0.2, -0.15) is 0 Å². The Hall–Kier alpha value is -0.390. The van der Waals surface area contributed by atoms with Crippen molar-refractivity contribution in [2.45, 2.75) is 31.0 Å². The van der Waals surface area contributed by atoms with Gasteiger partial charge >= 0.3 is 0 Å². The van der Waals surface area contributed by atoms with E-state index >= 15 is 0 Å². The van der Waals surface area contributed by atoms with Crippen molar-refractivity contribution < 1.29 is 0 Å². The number of benzene rings is 1. The van der Waals surface area contributed by atoms with Crippen LogP contribution in [0.5, 0.6) is 0 Å². The Balaban J connectivity index is 2.07. The third-order valence-corrected chi connectivity index (χ3v) is 4.08. The molecule has 1 atom stereocenters. The molecule has 2 heteroatoms. The van der Waals surface area contributed by atoms with Crippen molar-refractivity contribution in [3.63, 3.8) is 0 Å². The number of fused-ring (bicyclic) bond motifs is 2. The molecular formula is C12H16NP. The van der Waals surface area contributed by atoms with Crippen LogP contribution in [0.2, 0.25) is 0 Å². The fraction of sp³-hybridized carbons (Fsp3) is 0.500. The molecule has 1 aliphatic heterocycles. The highest BCUT2D eigenvalue weighted by Crippen LogP contribution is 2.50. The topological polar surface area (TPSA) is 12.0 Å². The van der Waals surface area contributed by atoms with Gasteiger partial charge in [0.05, 0.1) is 0 Å². The predicted molar refractivity (Wildman–Crippen MR) is 62.5 cm³/mol. The first-order chi connectivity index (χ1) is 6.84. The molecule has 1 heterocycles. The third kappa shape index (κ3) is 1.23. The van der Waals surface area contributed by atoms with Crippen molar-refractivity contribution in [2.24, 2.45) is 0 Å². The van der Waals surface area contributed by atoms with E-state index in [4.69, 9.17) is 0 Å². The van der Waals surface area contributed by atoms with E-state index < -0.39 is 0 Å². The van der Waals surface area contributed by atoms with Gasteiger partial charge in [0.1, 0.15) is 0 Å². The summed E-state index contributed by atoms with van der Waals surface area (Å²) in [6.07, 6.45) is 3.83. The Morgan fingerprint density at radius 3 is 2.93 bits per heavy atom. The maximum absolute atomic E-state index is 3.54. The molecule has 0 saturated heterocycles. The van der Waals surface area contributed by atoms with Crippen LogP contribution in [0.25, 0.3) is 0 Å². The van der Waals surface area contributed by atoms with Crippen LogP contribution in [0.3, 0.4) is 0 Å². The molecule has 0 bridgehead atoms. The summed E-state index contributed by atoms with van der Waals surface area (Å²) in [5.74, 6) is 0. The zero-order valence-electron chi connectivity index (χ0n) is 8.34. The van der Waals surface area contributed by atoms with E-state index in [1.807, 2.05) is 0 Å². The van der Waals surface area contributed by atoms with Gasteiger partial charge in [-0.15, -0.1) is 9.24 Å². The van der Waals surface area contributed by atoms with Gasteiger partial charge in [-0.1, -0.05) is 18.2 Å². The van der Waals surface area contributed by atoms with Gasteiger partial charge in [0.25, 0.3) is 0 Å². The Labute approximate surface area is 87.5 Å². The Morgan fingerprint density at radius 1 is 1.36 bits per heavy atom. The fourth-order valence-corrected chi connectivity index (χ4v) is 2.82. The Kier molecular flexibility index (Phi) is 1.93. The smallest absolute Gasteiger partial charge is 0.0208 e. The van der Waals surface area contributed by atoms with E-state index in [0.29, 0.717) is 5.41 Å². The Morgan fingerprint density at radius 2 is 2.21 bits per heavy atom. The number of hydrogen-bond donors (Lipinski definition) is 1. The van der Waals surface area contributed by atoms with Crippen molar-refractivity contribution in [3.8, 4) is 0 Å². The monoisotopic (exact) mass is 205 g/mol. The molecule has 1 N–H and O–H groups in total. The van der Waals surface area contributed by atoms with Crippen molar-refractivity contribution in [2.75, 3.05) is 6.54 Å². The van der Waals surface area contributed by atoms with Crippen molar-refractivity contribution in [1.29, 1.82) is 0 Å². The molecule has 1 aromatic rings. The first-order valence-electron chi connectivity index (χ1n) is 5.37. The minimum absolute atomic E-state index is 0.535. The minimum atomic E-state index is 0.535. The van der Waals surface area contributed by atoms with Gasteiger partial charge in [-0.3, -0.25) is 0 Å². The second-order valence-corrected chi connectivity index (χ2v) is 4.99. The molecule has 1 aliphatic carbocycles. The summed E-state index contributed by atoms with van der Waals surface area (Å²) in [4.78, 5) is 0. The molecule has 74 valence electrons. The molecule has 1 aromatic carbocycles. The highest BCUT2D eigenvalue weighted by molar-refractivity contribution is 7.15. The SMILES string of the molecule is PCc1ccc2c(c1)CNCC21CC1. The molecule has 0 amide bonds. The van der Waals surface area contributed by atoms with Crippen LogP contribution in [-0.2, 0) is 18.1 Å². The van der Waals surface area contributed by atoms with Crippen LogP contribution >= 0.6 is 9.24 Å². The summed E-state index contributed by atoms with van der Waals surface area (Å²) in [6.45, 7) is 2.26. The normalized spacial score (nSPS) is 22.1. The number of hydrogen-bond acceptors (Lipinski definition) is 1. The standard InChI is InChI=1S/C12H16NP/c14-7-9-1-2-11-10(5-9)6-13-8-12(11)3-4-12/h1-2,5,13H,3-4,6-8,14H2. The predicted octanol–water partition coefficient (Wildman–Crippen LogP) is 2.20. The van der Waals surface area contributed by atoms with Crippen LogP contribution in [-0.4, -0.2) is 6.54 Å². The minimum Gasteiger partial charge on any atom is -0.312 e. The van der Waals surface area contributed by atoms with Crippen molar-refractivity contribution >= 4 is 9.24 Å². The lowest BCUT2D eigenvalue weighted by atomic mass is 9.87. The van der Waals surface area contributed by atoms with E-state index in [1.54, 1.807) is 5.56 Å². The average Bonchev–Trinajstić information content (AvgIpc) is 2.99. The van der Waals surface area contributed by atoms with Crippen LogP contribution in [0, 0.1) is 0 Å². The van der Waals surface area contributed by atoms with Gasteiger partial charge < -0.3 is 5.32 Å². The molecular weight excluding hydrogens is 189 g/mol. The van der Waals surface area contributed by atoms with Gasteiger partial charge in [0, 0.05) is 18.5 Å². The first-order valence-corrected chi connectivity index (χ1v) is 6.19.